The van der Waals surface area contributed by atoms with Crippen molar-refractivity contribution >= 4 is 17.9 Å². The number of ether oxygens (including phenoxy) is 1. The number of carboxylic acid groups (broad SMARTS) is 1. The Morgan fingerprint density at radius 1 is 1.62 bits per heavy atom. The molecule has 1 rings (SSSR count). The van der Waals surface area contributed by atoms with Gasteiger partial charge < -0.3 is 14.7 Å². The van der Waals surface area contributed by atoms with Gasteiger partial charge in [-0.15, -0.1) is 5.10 Å². The fourth-order valence-electron chi connectivity index (χ4n) is 0.867. The zero-order valence-electron chi connectivity index (χ0n) is 9.03. The minimum Gasteiger partial charge on any atom is -0.450 e. The zero-order valence-corrected chi connectivity index (χ0v) is 9.85. The average molecular weight is 247 g/mol. The van der Waals surface area contributed by atoms with Crippen molar-refractivity contribution in [1.82, 2.24) is 25.1 Å². The van der Waals surface area contributed by atoms with Gasteiger partial charge in [-0.2, -0.15) is 0 Å². The van der Waals surface area contributed by atoms with Crippen molar-refractivity contribution in [3.05, 3.63) is 0 Å². The van der Waals surface area contributed by atoms with Crippen LogP contribution in [0.25, 0.3) is 0 Å². The second-order valence-corrected chi connectivity index (χ2v) is 4.05. The molecule has 0 radical (unpaired) electrons. The Labute approximate surface area is 96.6 Å². The maximum atomic E-state index is 10.1. The van der Waals surface area contributed by atoms with Gasteiger partial charge in [-0.05, 0) is 36.3 Å². The number of thioether (sulfide) groups is 1. The van der Waals surface area contributed by atoms with Gasteiger partial charge in [0.15, 0.2) is 0 Å². The summed E-state index contributed by atoms with van der Waals surface area (Å²) in [6.07, 6.45) is -1.31. The highest BCUT2D eigenvalue weighted by atomic mass is 32.2. The van der Waals surface area contributed by atoms with E-state index in [-0.39, 0.29) is 5.94 Å². The molecule has 0 aliphatic carbocycles. The Bertz CT molecular complexity index is 343. The maximum absolute atomic E-state index is 10.1. The second kappa shape index (κ2) is 6.28. The number of carbonyl (C=O) groups is 1. The van der Waals surface area contributed by atoms with Crippen LogP contribution in [0.4, 0.5) is 4.79 Å². The molecule has 0 amide bonds. The van der Waals surface area contributed by atoms with E-state index in [0.29, 0.717) is 11.7 Å². The Balaban J connectivity index is 2.40. The zero-order chi connectivity index (χ0) is 12.0. The van der Waals surface area contributed by atoms with Gasteiger partial charge in [0.1, 0.15) is 5.94 Å². The summed E-state index contributed by atoms with van der Waals surface area (Å²) in [6, 6.07) is 0. The molecular weight excluding hydrogens is 234 g/mol. The highest BCUT2D eigenvalue weighted by molar-refractivity contribution is 7.99. The summed E-state index contributed by atoms with van der Waals surface area (Å²) in [5.41, 5.74) is 0. The molecule has 0 unspecified atom stereocenters. The van der Waals surface area contributed by atoms with Crippen molar-refractivity contribution in [2.75, 3.05) is 26.6 Å². The molecule has 90 valence electrons. The van der Waals surface area contributed by atoms with Crippen LogP contribution in [0, 0.1) is 0 Å². The van der Waals surface area contributed by atoms with E-state index < -0.39 is 6.16 Å². The lowest BCUT2D eigenvalue weighted by atomic mass is 10.6. The Kier molecular flexibility index (Phi) is 4.99. The van der Waals surface area contributed by atoms with Crippen LogP contribution in [0.5, 0.6) is 0 Å². The number of nitrogens with zero attached hydrogens (tertiary/aromatic N) is 5. The van der Waals surface area contributed by atoms with Crippen molar-refractivity contribution in [3.63, 3.8) is 0 Å². The monoisotopic (exact) mass is 247 g/mol. The molecule has 0 spiro atoms. The molecule has 0 fully saturated rings. The summed E-state index contributed by atoms with van der Waals surface area (Å²) in [5, 5.41) is 19.9. The van der Waals surface area contributed by atoms with E-state index in [1.165, 1.54) is 0 Å². The van der Waals surface area contributed by atoms with Gasteiger partial charge in [0.05, 0.1) is 6.54 Å². The molecule has 0 aromatic carbocycles. The molecule has 8 nitrogen and oxygen atoms in total. The van der Waals surface area contributed by atoms with Gasteiger partial charge in [0.2, 0.25) is 5.16 Å². The molecule has 0 saturated carbocycles. The average Bonchev–Trinajstić information content (AvgIpc) is 2.62. The first-order valence-corrected chi connectivity index (χ1v) is 5.47. The lowest BCUT2D eigenvalue weighted by Gasteiger charge is -2.09. The van der Waals surface area contributed by atoms with Crippen LogP contribution in [-0.2, 0) is 11.3 Å². The first kappa shape index (κ1) is 12.7. The van der Waals surface area contributed by atoms with Crippen molar-refractivity contribution in [1.29, 1.82) is 0 Å². The summed E-state index contributed by atoms with van der Waals surface area (Å²) in [4.78, 5) is 12.1. The fourth-order valence-corrected chi connectivity index (χ4v) is 1.50. The first-order chi connectivity index (χ1) is 7.59. The van der Waals surface area contributed by atoms with Gasteiger partial charge in [-0.1, -0.05) is 0 Å². The summed E-state index contributed by atoms with van der Waals surface area (Å²) in [6.45, 7) is 1.45. The van der Waals surface area contributed by atoms with E-state index in [1.54, 1.807) is 4.68 Å². The van der Waals surface area contributed by atoms with Gasteiger partial charge in [0, 0.05) is 6.54 Å². The van der Waals surface area contributed by atoms with Crippen LogP contribution >= 0.6 is 11.8 Å². The quantitative estimate of drug-likeness (QED) is 0.426. The topological polar surface area (TPSA) is 93.4 Å². The number of hydrogen-bond donors (Lipinski definition) is 1. The second-order valence-electron chi connectivity index (χ2n) is 3.16. The molecule has 0 bridgehead atoms. The number of hydrogen-bond acceptors (Lipinski definition) is 7. The van der Waals surface area contributed by atoms with E-state index in [2.05, 4.69) is 20.3 Å². The van der Waals surface area contributed by atoms with Gasteiger partial charge in [-0.25, -0.2) is 9.48 Å². The van der Waals surface area contributed by atoms with Crippen molar-refractivity contribution in [2.24, 2.45) is 0 Å². The van der Waals surface area contributed by atoms with Crippen molar-refractivity contribution in [3.8, 4) is 0 Å². The third kappa shape index (κ3) is 4.45. The van der Waals surface area contributed by atoms with E-state index in [1.807, 2.05) is 19.0 Å². The van der Waals surface area contributed by atoms with Gasteiger partial charge in [-0.3, -0.25) is 0 Å². The lowest BCUT2D eigenvalue weighted by molar-refractivity contribution is 0.109. The molecule has 1 aromatic heterocycles. The summed E-state index contributed by atoms with van der Waals surface area (Å²) in [7, 11) is 3.90. The Morgan fingerprint density at radius 2 is 2.38 bits per heavy atom. The fraction of sp³-hybridized carbons (Fsp3) is 0.714. The van der Waals surface area contributed by atoms with Gasteiger partial charge >= 0.3 is 6.16 Å². The summed E-state index contributed by atoms with van der Waals surface area (Å²) in [5.74, 6) is -0.0162. The molecule has 0 saturated heterocycles. The lowest BCUT2D eigenvalue weighted by Crippen LogP contribution is -2.19. The predicted molar refractivity (Wildman–Crippen MR) is 56.2 cm³/mol. The summed E-state index contributed by atoms with van der Waals surface area (Å²) < 4.78 is 5.96. The van der Waals surface area contributed by atoms with Crippen LogP contribution in [-0.4, -0.2) is 62.9 Å². The SMILES string of the molecule is CN(C)CCn1nnnc1SCOC(=O)O. The number of likely N-dealkylation sites (N-methyl/N-ethyl adjacent to an activating group) is 1. The predicted octanol–water partition coefficient (Wildman–Crippen LogP) is -0.0211. The molecule has 0 aliphatic heterocycles. The molecule has 9 heteroatoms. The number of aromatic nitrogens is 4. The minimum absolute atomic E-state index is 0.0162. The van der Waals surface area contributed by atoms with E-state index in [9.17, 15) is 4.79 Å². The molecular formula is C7H13N5O3S. The van der Waals surface area contributed by atoms with Crippen LogP contribution in [0.15, 0.2) is 5.16 Å². The normalized spacial score (nSPS) is 10.7. The largest absolute Gasteiger partial charge is 0.506 e. The van der Waals surface area contributed by atoms with E-state index in [0.717, 1.165) is 18.3 Å². The van der Waals surface area contributed by atoms with Crippen LogP contribution in [0.2, 0.25) is 0 Å². The minimum atomic E-state index is -1.31. The van der Waals surface area contributed by atoms with Crippen molar-refractivity contribution < 1.29 is 14.6 Å². The molecule has 1 aromatic rings. The Hall–Kier alpha value is -1.35. The molecule has 1 N–H and O–H groups in total. The maximum Gasteiger partial charge on any atom is 0.506 e. The first-order valence-electron chi connectivity index (χ1n) is 4.49. The van der Waals surface area contributed by atoms with Crippen LogP contribution < -0.4 is 0 Å². The van der Waals surface area contributed by atoms with E-state index >= 15 is 0 Å². The highest BCUT2D eigenvalue weighted by Gasteiger charge is 2.08. The van der Waals surface area contributed by atoms with Crippen LogP contribution in [0.3, 0.4) is 0 Å². The van der Waals surface area contributed by atoms with Crippen LogP contribution in [0.1, 0.15) is 0 Å². The molecule has 16 heavy (non-hydrogen) atoms. The molecule has 0 atom stereocenters. The third-order valence-electron chi connectivity index (χ3n) is 1.63. The standard InChI is InChI=1S/C7H13N5O3S/c1-11(2)3-4-12-6(8-9-10-12)16-5-15-7(13)14/h3-5H2,1-2H3,(H,13,14). The number of rotatable bonds is 6. The number of tetrazole rings is 1. The highest BCUT2D eigenvalue weighted by Crippen LogP contribution is 2.13. The smallest absolute Gasteiger partial charge is 0.450 e. The Morgan fingerprint density at radius 3 is 3.00 bits per heavy atom. The third-order valence-corrected chi connectivity index (χ3v) is 2.41. The van der Waals surface area contributed by atoms with E-state index in [4.69, 9.17) is 5.11 Å². The van der Waals surface area contributed by atoms with Crippen molar-refractivity contribution in [2.45, 2.75) is 11.7 Å². The summed E-state index contributed by atoms with van der Waals surface area (Å²) >= 11 is 1.14. The molecule has 1 heterocycles. The molecule has 0 aliphatic rings. The van der Waals surface area contributed by atoms with Gasteiger partial charge in [0.25, 0.3) is 0 Å².